The predicted octanol–water partition coefficient (Wildman–Crippen LogP) is 4.54. The Morgan fingerprint density at radius 3 is 2.57 bits per heavy atom. The third kappa shape index (κ3) is 3.94. The molecule has 0 bridgehead atoms. The van der Waals surface area contributed by atoms with Gasteiger partial charge in [-0.3, -0.25) is 0 Å². The largest absolute Gasteiger partial charge is 0.370 e. The fraction of sp³-hybridized carbons (Fsp3) is 0.500. The molecular formula is C16H24N4S. The highest BCUT2D eigenvalue weighted by Crippen LogP contribution is 2.28. The summed E-state index contributed by atoms with van der Waals surface area (Å²) < 4.78 is 0. The van der Waals surface area contributed by atoms with Crippen LogP contribution in [0.2, 0.25) is 0 Å². The number of thiophene rings is 1. The molecule has 5 heteroatoms. The second-order valence-electron chi connectivity index (χ2n) is 5.14. The summed E-state index contributed by atoms with van der Waals surface area (Å²) in [6.07, 6.45) is 2.11. The monoisotopic (exact) mass is 304 g/mol. The molecule has 0 aromatic carbocycles. The number of anilines is 2. The minimum Gasteiger partial charge on any atom is -0.370 e. The van der Waals surface area contributed by atoms with Crippen molar-refractivity contribution in [2.45, 2.75) is 46.6 Å². The molecule has 0 fully saturated rings. The number of aryl methyl sites for hydroxylation is 1. The van der Waals surface area contributed by atoms with Crippen LogP contribution in [0.3, 0.4) is 0 Å². The molecule has 1 unspecified atom stereocenters. The van der Waals surface area contributed by atoms with E-state index in [4.69, 9.17) is 0 Å². The van der Waals surface area contributed by atoms with Crippen molar-refractivity contribution in [2.75, 3.05) is 17.2 Å². The molecule has 4 nitrogen and oxygen atoms in total. The van der Waals surface area contributed by atoms with Crippen molar-refractivity contribution in [3.8, 4) is 0 Å². The Balaban J connectivity index is 2.24. The summed E-state index contributed by atoms with van der Waals surface area (Å²) in [5, 5.41) is 9.07. The van der Waals surface area contributed by atoms with Gasteiger partial charge in [0, 0.05) is 17.0 Å². The first-order chi connectivity index (χ1) is 10.2. The number of nitrogens with zero attached hydrogens (tertiary/aromatic N) is 2. The Labute approximate surface area is 131 Å². The second kappa shape index (κ2) is 7.41. The van der Waals surface area contributed by atoms with Crippen LogP contribution in [0.5, 0.6) is 0 Å². The maximum Gasteiger partial charge on any atom is 0.135 e. The molecular weight excluding hydrogens is 280 g/mol. The van der Waals surface area contributed by atoms with Crippen molar-refractivity contribution in [1.82, 2.24) is 9.97 Å². The Hall–Kier alpha value is -1.62. The SMILES string of the molecule is CCCNc1nc(C)nc(NC(CC)c2cccs2)c1C. The van der Waals surface area contributed by atoms with E-state index in [1.165, 1.54) is 4.88 Å². The van der Waals surface area contributed by atoms with E-state index >= 15 is 0 Å². The van der Waals surface area contributed by atoms with Crippen LogP contribution in [0.4, 0.5) is 11.6 Å². The van der Waals surface area contributed by atoms with Crippen LogP contribution in [-0.2, 0) is 0 Å². The summed E-state index contributed by atoms with van der Waals surface area (Å²) in [7, 11) is 0. The van der Waals surface area contributed by atoms with Gasteiger partial charge in [0.15, 0.2) is 0 Å². The highest BCUT2D eigenvalue weighted by molar-refractivity contribution is 7.10. The Kier molecular flexibility index (Phi) is 5.56. The number of hydrogen-bond donors (Lipinski definition) is 2. The number of rotatable bonds is 7. The highest BCUT2D eigenvalue weighted by atomic mass is 32.1. The quantitative estimate of drug-likeness (QED) is 0.788. The lowest BCUT2D eigenvalue weighted by Crippen LogP contribution is -2.14. The van der Waals surface area contributed by atoms with Crippen molar-refractivity contribution in [1.29, 1.82) is 0 Å². The molecule has 0 aliphatic rings. The molecule has 0 saturated carbocycles. The fourth-order valence-corrected chi connectivity index (χ4v) is 3.07. The minimum absolute atomic E-state index is 0.303. The smallest absolute Gasteiger partial charge is 0.135 e. The predicted molar refractivity (Wildman–Crippen MR) is 91.3 cm³/mol. The van der Waals surface area contributed by atoms with E-state index in [1.807, 2.05) is 6.92 Å². The third-order valence-corrected chi connectivity index (χ3v) is 4.39. The number of nitrogens with one attached hydrogen (secondary N) is 2. The van der Waals surface area contributed by atoms with Gasteiger partial charge >= 0.3 is 0 Å². The van der Waals surface area contributed by atoms with Crippen LogP contribution in [0.25, 0.3) is 0 Å². The molecule has 2 N–H and O–H groups in total. The van der Waals surface area contributed by atoms with Crippen molar-refractivity contribution in [3.63, 3.8) is 0 Å². The molecule has 21 heavy (non-hydrogen) atoms. The molecule has 0 radical (unpaired) electrons. The van der Waals surface area contributed by atoms with Crippen LogP contribution >= 0.6 is 11.3 Å². The molecule has 114 valence electrons. The number of aromatic nitrogens is 2. The lowest BCUT2D eigenvalue weighted by atomic mass is 10.1. The molecule has 1 atom stereocenters. The van der Waals surface area contributed by atoms with Gasteiger partial charge in [-0.25, -0.2) is 9.97 Å². The molecule has 0 aliphatic carbocycles. The molecule has 0 aliphatic heterocycles. The summed E-state index contributed by atoms with van der Waals surface area (Å²) in [4.78, 5) is 10.4. The van der Waals surface area contributed by atoms with Gasteiger partial charge in [-0.2, -0.15) is 0 Å². The molecule has 0 amide bonds. The van der Waals surface area contributed by atoms with Gasteiger partial charge in [0.25, 0.3) is 0 Å². The third-order valence-electron chi connectivity index (χ3n) is 3.41. The van der Waals surface area contributed by atoms with E-state index in [9.17, 15) is 0 Å². The van der Waals surface area contributed by atoms with Crippen LogP contribution < -0.4 is 10.6 Å². The first-order valence-electron chi connectivity index (χ1n) is 7.54. The van der Waals surface area contributed by atoms with E-state index in [1.54, 1.807) is 11.3 Å². The topological polar surface area (TPSA) is 49.8 Å². The first kappa shape index (κ1) is 15.8. The maximum absolute atomic E-state index is 4.58. The summed E-state index contributed by atoms with van der Waals surface area (Å²) in [6, 6.07) is 4.57. The molecule has 0 spiro atoms. The highest BCUT2D eigenvalue weighted by Gasteiger charge is 2.15. The van der Waals surface area contributed by atoms with Gasteiger partial charge in [-0.15, -0.1) is 11.3 Å². The molecule has 2 rings (SSSR count). The van der Waals surface area contributed by atoms with Gasteiger partial charge < -0.3 is 10.6 Å². The molecule has 2 aromatic heterocycles. The average molecular weight is 304 g/mol. The van der Waals surface area contributed by atoms with E-state index in [0.717, 1.165) is 42.4 Å². The maximum atomic E-state index is 4.58. The Morgan fingerprint density at radius 2 is 1.95 bits per heavy atom. The van der Waals surface area contributed by atoms with Gasteiger partial charge in [-0.1, -0.05) is 19.9 Å². The zero-order chi connectivity index (χ0) is 15.2. The van der Waals surface area contributed by atoms with E-state index < -0.39 is 0 Å². The lowest BCUT2D eigenvalue weighted by molar-refractivity contribution is 0.754. The second-order valence-corrected chi connectivity index (χ2v) is 6.12. The zero-order valence-electron chi connectivity index (χ0n) is 13.2. The minimum atomic E-state index is 0.303. The summed E-state index contributed by atoms with van der Waals surface area (Å²) >= 11 is 1.78. The zero-order valence-corrected chi connectivity index (χ0v) is 14.0. The van der Waals surface area contributed by atoms with Gasteiger partial charge in [0.05, 0.1) is 6.04 Å². The molecule has 0 saturated heterocycles. The van der Waals surface area contributed by atoms with Gasteiger partial charge in [0.2, 0.25) is 0 Å². The van der Waals surface area contributed by atoms with Crippen molar-refractivity contribution in [2.24, 2.45) is 0 Å². The summed E-state index contributed by atoms with van der Waals surface area (Å²) in [5.41, 5.74) is 1.09. The van der Waals surface area contributed by atoms with Crippen LogP contribution in [0, 0.1) is 13.8 Å². The Morgan fingerprint density at radius 1 is 1.19 bits per heavy atom. The fourth-order valence-electron chi connectivity index (χ4n) is 2.21. The van der Waals surface area contributed by atoms with Crippen LogP contribution in [0.1, 0.15) is 49.0 Å². The average Bonchev–Trinajstić information content (AvgIpc) is 3.00. The van der Waals surface area contributed by atoms with E-state index in [2.05, 4.69) is 58.9 Å². The van der Waals surface area contributed by atoms with Crippen molar-refractivity contribution < 1.29 is 0 Å². The first-order valence-corrected chi connectivity index (χ1v) is 8.42. The van der Waals surface area contributed by atoms with Gasteiger partial charge in [-0.05, 0) is 38.1 Å². The van der Waals surface area contributed by atoms with Crippen molar-refractivity contribution in [3.05, 3.63) is 33.8 Å². The van der Waals surface area contributed by atoms with Crippen LogP contribution in [0.15, 0.2) is 17.5 Å². The summed E-state index contributed by atoms with van der Waals surface area (Å²) in [6.45, 7) is 9.28. The summed E-state index contributed by atoms with van der Waals surface area (Å²) in [5.74, 6) is 2.66. The van der Waals surface area contributed by atoms with Crippen molar-refractivity contribution >= 4 is 23.0 Å². The van der Waals surface area contributed by atoms with E-state index in [0.29, 0.717) is 6.04 Å². The normalized spacial score (nSPS) is 12.2. The standard InChI is InChI=1S/C16H24N4S/c1-5-9-17-15-11(3)16(19-12(4)18-15)20-13(6-2)14-8-7-10-21-14/h7-8,10,13H,5-6,9H2,1-4H3,(H2,17,18,19,20). The molecule has 2 aromatic rings. The van der Waals surface area contributed by atoms with Gasteiger partial charge in [0.1, 0.15) is 17.5 Å². The van der Waals surface area contributed by atoms with Crippen LogP contribution in [-0.4, -0.2) is 16.5 Å². The molecule has 2 heterocycles. The number of hydrogen-bond acceptors (Lipinski definition) is 5. The Bertz CT molecular complexity index is 566. The van der Waals surface area contributed by atoms with E-state index in [-0.39, 0.29) is 0 Å². The lowest BCUT2D eigenvalue weighted by Gasteiger charge is -2.19.